The predicted molar refractivity (Wildman–Crippen MR) is 186 cm³/mol. The average molecular weight is 675 g/mol. The van der Waals surface area contributed by atoms with Crippen molar-refractivity contribution < 1.29 is 23.9 Å². The van der Waals surface area contributed by atoms with Crippen LogP contribution in [0.25, 0.3) is 0 Å². The molecule has 0 radical (unpaired) electrons. The van der Waals surface area contributed by atoms with Crippen molar-refractivity contribution in [3.05, 3.63) is 78.1 Å². The highest BCUT2D eigenvalue weighted by atomic mass is 35.5. The van der Waals surface area contributed by atoms with Crippen LogP contribution in [0, 0.1) is 5.41 Å². The van der Waals surface area contributed by atoms with E-state index in [0.29, 0.717) is 61.2 Å². The Labute approximate surface area is 284 Å². The molecule has 0 aliphatic carbocycles. The molecule has 0 fully saturated rings. The number of pyridine rings is 1. The quantitative estimate of drug-likeness (QED) is 0.179. The molecule has 12 heteroatoms. The molecule has 0 atom stereocenters. The number of nitrogens with zero attached hydrogens (tertiary/aromatic N) is 5. The number of carbonyl (C=O) groups is 3. The molecule has 1 aliphatic rings. The number of carbonyl (C=O) groups excluding carboxylic acids is 3. The van der Waals surface area contributed by atoms with Crippen LogP contribution in [0.4, 0.5) is 11.4 Å². The first-order valence-corrected chi connectivity index (χ1v) is 14.9. The van der Waals surface area contributed by atoms with Crippen LogP contribution < -0.4 is 19.3 Å². The molecule has 1 aromatic heterocycles. The Morgan fingerprint density at radius 3 is 2.30 bits per heavy atom. The molecular weight excluding hydrogens is 629 g/mol. The molecule has 2 aromatic carbocycles. The van der Waals surface area contributed by atoms with Gasteiger partial charge >= 0.3 is 0 Å². The molecule has 4 rings (SSSR count). The minimum absolute atomic E-state index is 0. The Kier molecular flexibility index (Phi) is 14.3. The summed E-state index contributed by atoms with van der Waals surface area (Å²) >= 11 is 0. The minimum atomic E-state index is -1.16. The normalized spacial score (nSPS) is 13.7. The Morgan fingerprint density at radius 1 is 0.935 bits per heavy atom. The minimum Gasteiger partial charge on any atom is -0.496 e. The van der Waals surface area contributed by atoms with Crippen LogP contribution in [0.15, 0.2) is 67.0 Å². The second kappa shape index (κ2) is 17.2. The van der Waals surface area contributed by atoms with Gasteiger partial charge in [0.15, 0.2) is 0 Å². The molecule has 0 spiro atoms. The summed E-state index contributed by atoms with van der Waals surface area (Å²) in [5.41, 5.74) is 1.86. The van der Waals surface area contributed by atoms with Crippen LogP contribution in [0.3, 0.4) is 0 Å². The topological polar surface area (TPSA) is 95.5 Å². The molecule has 3 amide bonds. The van der Waals surface area contributed by atoms with Gasteiger partial charge in [-0.25, -0.2) is 0 Å². The number of hydrogen-bond acceptors (Lipinski definition) is 7. The van der Waals surface area contributed by atoms with Crippen LogP contribution in [-0.2, 0) is 16.1 Å². The van der Waals surface area contributed by atoms with E-state index in [1.165, 1.54) is 0 Å². The van der Waals surface area contributed by atoms with E-state index in [4.69, 9.17) is 9.47 Å². The summed E-state index contributed by atoms with van der Waals surface area (Å²) in [6.07, 6.45) is 4.30. The third-order valence-electron chi connectivity index (χ3n) is 8.01. The number of aromatic nitrogens is 1. The van der Waals surface area contributed by atoms with E-state index in [-0.39, 0.29) is 42.5 Å². The second-order valence-electron chi connectivity index (χ2n) is 11.4. The van der Waals surface area contributed by atoms with Gasteiger partial charge < -0.3 is 24.2 Å². The van der Waals surface area contributed by atoms with Crippen molar-refractivity contribution in [1.82, 2.24) is 14.8 Å². The first-order chi connectivity index (χ1) is 21.1. The fourth-order valence-electron chi connectivity index (χ4n) is 5.39. The highest BCUT2D eigenvalue weighted by molar-refractivity contribution is 6.20. The van der Waals surface area contributed by atoms with Crippen LogP contribution in [0.5, 0.6) is 11.5 Å². The largest absolute Gasteiger partial charge is 0.496 e. The molecule has 0 saturated carbocycles. The van der Waals surface area contributed by atoms with Crippen LogP contribution in [-0.4, -0.2) is 86.5 Å². The number of benzene rings is 2. The number of rotatable bonds is 13. The Morgan fingerprint density at radius 2 is 1.63 bits per heavy atom. The van der Waals surface area contributed by atoms with Crippen molar-refractivity contribution in [2.24, 2.45) is 5.41 Å². The first-order valence-electron chi connectivity index (χ1n) is 14.9. The number of ether oxygens (including phenoxy) is 2. The summed E-state index contributed by atoms with van der Waals surface area (Å²) < 4.78 is 11.5. The summed E-state index contributed by atoms with van der Waals surface area (Å²) in [6, 6.07) is 16.8. The van der Waals surface area contributed by atoms with Crippen molar-refractivity contribution in [3.8, 4) is 11.5 Å². The van der Waals surface area contributed by atoms with Crippen molar-refractivity contribution in [1.29, 1.82) is 0 Å². The number of para-hydroxylation sites is 1. The van der Waals surface area contributed by atoms with Gasteiger partial charge in [-0.2, -0.15) is 0 Å². The second-order valence-corrected chi connectivity index (χ2v) is 11.4. The molecule has 3 aromatic rings. The van der Waals surface area contributed by atoms with E-state index >= 15 is 0 Å². The summed E-state index contributed by atoms with van der Waals surface area (Å²) in [5.74, 6) is 0.634. The Hall–Kier alpha value is -3.86. The fourth-order valence-corrected chi connectivity index (χ4v) is 5.39. The van der Waals surface area contributed by atoms with E-state index in [0.717, 1.165) is 18.5 Å². The van der Waals surface area contributed by atoms with Crippen molar-refractivity contribution in [2.45, 2.75) is 33.7 Å². The third kappa shape index (κ3) is 8.69. The number of anilines is 2. The lowest BCUT2D eigenvalue weighted by Gasteiger charge is -2.27. The van der Waals surface area contributed by atoms with E-state index < -0.39 is 5.41 Å². The number of hydrogen-bond donors (Lipinski definition) is 0. The highest BCUT2D eigenvalue weighted by Gasteiger charge is 2.45. The Balaban J connectivity index is 0.00000368. The maximum Gasteiger partial charge on any atom is 0.257 e. The average Bonchev–Trinajstić information content (AvgIpc) is 3.09. The van der Waals surface area contributed by atoms with Crippen LogP contribution in [0.1, 0.15) is 43.1 Å². The molecule has 0 saturated heterocycles. The number of fused-ring (bicyclic) bond motifs is 1. The van der Waals surface area contributed by atoms with Gasteiger partial charge in [-0.1, -0.05) is 12.1 Å². The molecule has 250 valence electrons. The van der Waals surface area contributed by atoms with Crippen molar-refractivity contribution >= 4 is 53.9 Å². The zero-order valence-corrected chi connectivity index (χ0v) is 29.0. The molecular formula is C34H45Cl2N5O5. The van der Waals surface area contributed by atoms with Gasteiger partial charge in [-0.3, -0.25) is 24.3 Å². The predicted octanol–water partition coefficient (Wildman–Crippen LogP) is 5.33. The molecule has 0 N–H and O–H groups in total. The van der Waals surface area contributed by atoms with Gasteiger partial charge in [0.1, 0.15) is 16.9 Å². The smallest absolute Gasteiger partial charge is 0.257 e. The lowest BCUT2D eigenvalue weighted by molar-refractivity contribution is -0.137. The van der Waals surface area contributed by atoms with Gasteiger partial charge in [-0.05, 0) is 69.2 Å². The number of halogens is 2. The van der Waals surface area contributed by atoms with E-state index in [2.05, 4.69) is 9.88 Å². The fraction of sp³-hybridized carbons (Fsp3) is 0.412. The number of methoxy groups -OCH3 is 1. The summed E-state index contributed by atoms with van der Waals surface area (Å²) in [7, 11) is 5.07. The van der Waals surface area contributed by atoms with Gasteiger partial charge in [0.2, 0.25) is 11.8 Å². The standard InChI is InChI=1S/C34H43N5O5.2ClH/c1-7-39-28-14-13-26(23-29(28)37(5)32(41)34(2,3)33(39)42)44-22-10-19-38(24-25-15-17-35-18-16-25)21-20-36(4)31(40)27-11-8-9-12-30(27)43-6;;/h8-9,11-18,23H,7,10,19-22,24H2,1-6H3;2*1H. The van der Waals surface area contributed by atoms with E-state index in [1.54, 1.807) is 74.3 Å². The highest BCUT2D eigenvalue weighted by Crippen LogP contribution is 2.40. The Bertz CT molecular complexity index is 1470. The van der Waals surface area contributed by atoms with Gasteiger partial charge in [0.05, 0.1) is 30.7 Å². The monoisotopic (exact) mass is 673 g/mol. The summed E-state index contributed by atoms with van der Waals surface area (Å²) in [6.45, 7) is 8.83. The number of likely N-dealkylation sites (N-methyl/N-ethyl adjacent to an activating group) is 1. The first kappa shape index (κ1) is 38.3. The lowest BCUT2D eigenvalue weighted by atomic mass is 9.90. The molecule has 1 aliphatic heterocycles. The molecule has 0 unspecified atom stereocenters. The summed E-state index contributed by atoms with van der Waals surface area (Å²) in [4.78, 5) is 50.8. The number of amides is 3. The maximum absolute atomic E-state index is 13.2. The van der Waals surface area contributed by atoms with E-state index in [9.17, 15) is 14.4 Å². The molecule has 10 nitrogen and oxygen atoms in total. The van der Waals surface area contributed by atoms with Crippen LogP contribution in [0.2, 0.25) is 0 Å². The third-order valence-corrected chi connectivity index (χ3v) is 8.01. The zero-order chi connectivity index (χ0) is 31.9. The van der Waals surface area contributed by atoms with Gasteiger partial charge in [-0.15, -0.1) is 24.8 Å². The maximum atomic E-state index is 13.2. The lowest BCUT2D eigenvalue weighted by Crippen LogP contribution is -2.47. The molecule has 46 heavy (non-hydrogen) atoms. The van der Waals surface area contributed by atoms with Crippen molar-refractivity contribution in [3.63, 3.8) is 0 Å². The summed E-state index contributed by atoms with van der Waals surface area (Å²) in [5, 5.41) is 0. The SMILES string of the molecule is CCN1C(=O)C(C)(C)C(=O)N(C)c2cc(OCCCN(CCN(C)C(=O)c3ccccc3OC)Cc3ccncc3)ccc21.Cl.Cl. The van der Waals surface area contributed by atoms with Crippen molar-refractivity contribution in [2.75, 3.05) is 63.8 Å². The van der Waals surface area contributed by atoms with Gasteiger partial charge in [0.25, 0.3) is 5.91 Å². The zero-order valence-electron chi connectivity index (χ0n) is 27.4. The van der Waals surface area contributed by atoms with E-state index in [1.807, 2.05) is 49.4 Å². The molecule has 2 heterocycles. The van der Waals surface area contributed by atoms with Gasteiger partial charge in [0, 0.05) is 65.3 Å². The van der Waals surface area contributed by atoms with Crippen LogP contribution >= 0.6 is 24.8 Å². The molecule has 0 bridgehead atoms.